The third-order valence-corrected chi connectivity index (χ3v) is 7.07. The van der Waals surface area contributed by atoms with Gasteiger partial charge >= 0.3 is 0 Å². The number of hydrogen-bond donors (Lipinski definition) is 1. The first-order valence-electron chi connectivity index (χ1n) is 6.79. The molecule has 0 radical (unpaired) electrons. The highest BCUT2D eigenvalue weighted by Gasteiger charge is 2.15. The molecule has 0 bridgehead atoms. The highest BCUT2D eigenvalue weighted by molar-refractivity contribution is 8.03. The molecule has 1 amide bonds. The van der Waals surface area contributed by atoms with Crippen LogP contribution in [0, 0.1) is 11.6 Å². The average Bonchev–Trinajstić information content (AvgIpc) is 3.20. The molecular formula is C14H10F2N4OS4. The van der Waals surface area contributed by atoms with Crippen LogP contribution in [0.2, 0.25) is 0 Å². The number of hydrogen-bond acceptors (Lipinski definition) is 8. The maximum Gasteiger partial charge on any atom is 0.227 e. The average molecular weight is 417 g/mol. The van der Waals surface area contributed by atoms with E-state index < -0.39 is 17.5 Å². The van der Waals surface area contributed by atoms with Crippen LogP contribution in [0.1, 0.15) is 5.01 Å². The number of primary amides is 1. The number of nitrogens with zero attached hydrogens (tertiary/aromatic N) is 3. The van der Waals surface area contributed by atoms with Crippen LogP contribution in [-0.2, 0) is 10.5 Å². The number of amides is 1. The molecule has 5 nitrogen and oxygen atoms in total. The number of nitrogens with two attached hydrogens (primary N) is 1. The number of aromatic nitrogens is 3. The Balaban J connectivity index is 1.63. The van der Waals surface area contributed by atoms with Crippen molar-refractivity contribution in [2.75, 3.05) is 5.75 Å². The summed E-state index contributed by atoms with van der Waals surface area (Å²) >= 11 is 5.34. The van der Waals surface area contributed by atoms with Gasteiger partial charge in [0.15, 0.2) is 8.68 Å². The first-order valence-corrected chi connectivity index (χ1v) is 10.5. The van der Waals surface area contributed by atoms with E-state index in [1.165, 1.54) is 64.4 Å². The van der Waals surface area contributed by atoms with Gasteiger partial charge in [0.05, 0.1) is 22.8 Å². The molecular weight excluding hydrogens is 406 g/mol. The lowest BCUT2D eigenvalue weighted by Crippen LogP contribution is -2.12. The molecule has 3 aromatic rings. The number of rotatable bonds is 7. The summed E-state index contributed by atoms with van der Waals surface area (Å²) in [6, 6.07) is 3.73. The first kappa shape index (κ1) is 18.2. The van der Waals surface area contributed by atoms with Gasteiger partial charge in [0, 0.05) is 5.38 Å². The molecule has 0 unspecified atom stereocenters. The standard InChI is InChI=1S/C14H10F2N4OS4/c15-7-2-1-3-8(16)12(7)9-4-22-11(18-9)6-24-14-20-19-13(25-14)23-5-10(17)21/h1-4H,5-6H2,(H2,17,21). The normalized spacial score (nSPS) is 11.0. The summed E-state index contributed by atoms with van der Waals surface area (Å²) in [6.07, 6.45) is 0. The predicted molar refractivity (Wildman–Crippen MR) is 96.9 cm³/mol. The van der Waals surface area contributed by atoms with E-state index in [0.717, 1.165) is 9.35 Å². The maximum absolute atomic E-state index is 13.8. The summed E-state index contributed by atoms with van der Waals surface area (Å²) in [7, 11) is 0. The second kappa shape index (κ2) is 8.21. The minimum atomic E-state index is -0.634. The Morgan fingerprint density at radius 2 is 1.84 bits per heavy atom. The van der Waals surface area contributed by atoms with Gasteiger partial charge in [-0.2, -0.15) is 0 Å². The monoisotopic (exact) mass is 416 g/mol. The fraction of sp³-hybridized carbons (Fsp3) is 0.143. The maximum atomic E-state index is 13.8. The molecule has 0 saturated heterocycles. The summed E-state index contributed by atoms with van der Waals surface area (Å²) in [5.74, 6) is -1.02. The largest absolute Gasteiger partial charge is 0.369 e. The zero-order valence-electron chi connectivity index (χ0n) is 12.4. The summed E-state index contributed by atoms with van der Waals surface area (Å²) in [5, 5.41) is 10.3. The van der Waals surface area contributed by atoms with Crippen molar-refractivity contribution in [2.45, 2.75) is 14.4 Å². The zero-order chi connectivity index (χ0) is 17.8. The van der Waals surface area contributed by atoms with Crippen molar-refractivity contribution in [3.63, 3.8) is 0 Å². The first-order chi connectivity index (χ1) is 12.0. The highest BCUT2D eigenvalue weighted by atomic mass is 32.2. The summed E-state index contributed by atoms with van der Waals surface area (Å²) < 4.78 is 29.0. The second-order valence-electron chi connectivity index (χ2n) is 4.60. The van der Waals surface area contributed by atoms with Crippen LogP contribution in [-0.4, -0.2) is 26.8 Å². The van der Waals surface area contributed by atoms with Crippen molar-refractivity contribution in [1.82, 2.24) is 15.2 Å². The van der Waals surface area contributed by atoms with Crippen LogP contribution >= 0.6 is 46.2 Å². The molecule has 0 aliphatic heterocycles. The van der Waals surface area contributed by atoms with Crippen molar-refractivity contribution in [2.24, 2.45) is 5.73 Å². The highest BCUT2D eigenvalue weighted by Crippen LogP contribution is 2.33. The van der Waals surface area contributed by atoms with Crippen molar-refractivity contribution in [3.8, 4) is 11.3 Å². The third kappa shape index (κ3) is 4.75. The van der Waals surface area contributed by atoms with Crippen LogP contribution in [0.3, 0.4) is 0 Å². The third-order valence-electron chi connectivity index (χ3n) is 2.82. The van der Waals surface area contributed by atoms with Crippen LogP contribution in [0.15, 0.2) is 32.3 Å². The number of benzene rings is 1. The van der Waals surface area contributed by atoms with Gasteiger partial charge < -0.3 is 5.73 Å². The number of carbonyl (C=O) groups is 1. The minimum absolute atomic E-state index is 0.115. The van der Waals surface area contributed by atoms with E-state index in [-0.39, 0.29) is 17.0 Å². The Kier molecular flexibility index (Phi) is 5.99. The van der Waals surface area contributed by atoms with Crippen LogP contribution < -0.4 is 5.73 Å². The Morgan fingerprint density at radius 3 is 2.52 bits per heavy atom. The van der Waals surface area contributed by atoms with Gasteiger partial charge in [-0.3, -0.25) is 4.79 Å². The van der Waals surface area contributed by atoms with Gasteiger partial charge in [0.25, 0.3) is 0 Å². The quantitative estimate of drug-likeness (QED) is 0.590. The van der Waals surface area contributed by atoms with Crippen molar-refractivity contribution >= 4 is 52.1 Å². The van der Waals surface area contributed by atoms with E-state index >= 15 is 0 Å². The van der Waals surface area contributed by atoms with Crippen LogP contribution in [0.25, 0.3) is 11.3 Å². The molecule has 0 aliphatic rings. The van der Waals surface area contributed by atoms with Gasteiger partial charge in [-0.1, -0.05) is 40.9 Å². The fourth-order valence-corrected chi connectivity index (χ4v) is 5.37. The summed E-state index contributed by atoms with van der Waals surface area (Å²) in [6.45, 7) is 0. The van der Waals surface area contributed by atoms with Gasteiger partial charge in [0.1, 0.15) is 16.6 Å². The molecule has 3 rings (SSSR count). The van der Waals surface area contributed by atoms with Gasteiger partial charge in [-0.05, 0) is 12.1 Å². The van der Waals surface area contributed by atoms with E-state index in [9.17, 15) is 13.6 Å². The van der Waals surface area contributed by atoms with Crippen molar-refractivity contribution in [3.05, 3.63) is 40.2 Å². The molecule has 0 fully saturated rings. The molecule has 2 N–H and O–H groups in total. The molecule has 1 aromatic carbocycles. The van der Waals surface area contributed by atoms with Gasteiger partial charge in [-0.15, -0.1) is 21.5 Å². The zero-order valence-corrected chi connectivity index (χ0v) is 15.7. The molecule has 2 heterocycles. The van der Waals surface area contributed by atoms with E-state index in [1.54, 1.807) is 5.38 Å². The minimum Gasteiger partial charge on any atom is -0.369 e. The molecule has 11 heteroatoms. The molecule has 2 aromatic heterocycles. The van der Waals surface area contributed by atoms with Gasteiger partial charge in [0.2, 0.25) is 5.91 Å². The van der Waals surface area contributed by atoms with Crippen molar-refractivity contribution in [1.29, 1.82) is 0 Å². The van der Waals surface area contributed by atoms with Crippen LogP contribution in [0.5, 0.6) is 0 Å². The number of carbonyl (C=O) groups excluding carboxylic acids is 1. The lowest BCUT2D eigenvalue weighted by Gasteiger charge is -2.00. The lowest BCUT2D eigenvalue weighted by molar-refractivity contribution is -0.115. The van der Waals surface area contributed by atoms with E-state index in [1.807, 2.05) is 0 Å². The number of halogens is 2. The lowest BCUT2D eigenvalue weighted by atomic mass is 10.1. The van der Waals surface area contributed by atoms with E-state index in [2.05, 4.69) is 15.2 Å². The number of thioether (sulfide) groups is 2. The van der Waals surface area contributed by atoms with E-state index in [4.69, 9.17) is 5.73 Å². The Labute approximate surface area is 158 Å². The molecule has 0 atom stereocenters. The number of thiazole rings is 1. The molecule has 0 spiro atoms. The predicted octanol–water partition coefficient (Wildman–Crippen LogP) is 3.81. The topological polar surface area (TPSA) is 81.8 Å². The summed E-state index contributed by atoms with van der Waals surface area (Å²) in [5.41, 5.74) is 5.25. The Hall–Kier alpha value is -1.56. The Morgan fingerprint density at radius 1 is 1.16 bits per heavy atom. The summed E-state index contributed by atoms with van der Waals surface area (Å²) in [4.78, 5) is 15.0. The van der Waals surface area contributed by atoms with Gasteiger partial charge in [-0.25, -0.2) is 13.8 Å². The van der Waals surface area contributed by atoms with Crippen molar-refractivity contribution < 1.29 is 13.6 Å². The molecule has 130 valence electrons. The second-order valence-corrected chi connectivity index (χ2v) is 8.97. The molecule has 0 saturated carbocycles. The smallest absolute Gasteiger partial charge is 0.227 e. The molecule has 0 aliphatic carbocycles. The van der Waals surface area contributed by atoms with Crippen LogP contribution in [0.4, 0.5) is 8.78 Å². The fourth-order valence-electron chi connectivity index (χ4n) is 1.80. The SMILES string of the molecule is NC(=O)CSc1nnc(SCc2nc(-c3c(F)cccc3F)cs2)s1. The van der Waals surface area contributed by atoms with E-state index in [0.29, 0.717) is 10.1 Å². The Bertz CT molecular complexity index is 878. The molecule has 25 heavy (non-hydrogen) atoms.